The van der Waals surface area contributed by atoms with Gasteiger partial charge in [-0.15, -0.1) is 0 Å². The predicted octanol–water partition coefficient (Wildman–Crippen LogP) is 3.30. The molecule has 0 spiro atoms. The summed E-state index contributed by atoms with van der Waals surface area (Å²) in [5.74, 6) is 0. The molecule has 1 fully saturated rings. The average molecular weight is 211 g/mol. The molecule has 0 aromatic carbocycles. The van der Waals surface area contributed by atoms with Gasteiger partial charge in [-0.1, -0.05) is 18.6 Å². The molecule has 0 heterocycles. The molecule has 0 amide bonds. The minimum Gasteiger partial charge on any atom is -0.388 e. The summed E-state index contributed by atoms with van der Waals surface area (Å²) in [6.45, 7) is 8.29. The highest BCUT2D eigenvalue weighted by Crippen LogP contribution is 2.43. The summed E-state index contributed by atoms with van der Waals surface area (Å²) < 4.78 is 0.277. The van der Waals surface area contributed by atoms with Crippen molar-refractivity contribution in [2.45, 2.75) is 44.3 Å². The topological polar surface area (TPSA) is 12.0 Å². The summed E-state index contributed by atoms with van der Waals surface area (Å²) in [5, 5.41) is 3.09. The minimum atomic E-state index is 0.277. The van der Waals surface area contributed by atoms with Crippen LogP contribution in [0, 0.1) is 0 Å². The first-order chi connectivity index (χ1) is 6.48. The van der Waals surface area contributed by atoms with Crippen molar-refractivity contribution in [2.75, 3.05) is 7.05 Å². The Hall–Kier alpha value is -0.370. The van der Waals surface area contributed by atoms with Crippen LogP contribution in [-0.4, -0.2) is 11.8 Å². The van der Waals surface area contributed by atoms with Gasteiger partial charge < -0.3 is 5.32 Å². The first-order valence-corrected chi connectivity index (χ1v) is 5.69. The van der Waals surface area contributed by atoms with Crippen LogP contribution in [0.15, 0.2) is 23.4 Å². The Balaban J connectivity index is 2.63. The third-order valence-electron chi connectivity index (χ3n) is 3.27. The zero-order valence-electron chi connectivity index (χ0n) is 9.48. The third-order valence-corrected chi connectivity index (χ3v) is 3.88. The molecule has 0 bridgehead atoms. The fraction of sp³-hybridized carbons (Fsp3) is 0.667. The Labute approximate surface area is 93.1 Å². The van der Waals surface area contributed by atoms with Gasteiger partial charge in [-0.05, 0) is 38.7 Å². The smallest absolute Gasteiger partial charge is 0.0293 e. The van der Waals surface area contributed by atoms with Crippen LogP contribution in [0.4, 0.5) is 0 Å². The van der Waals surface area contributed by atoms with E-state index >= 15 is 0 Å². The summed E-state index contributed by atoms with van der Waals surface area (Å²) in [5.41, 5.74) is 3.73. The SMILES string of the molecule is C=C(NC)/C(C)=C(\C)CC1(S)CCC1. The highest BCUT2D eigenvalue weighted by atomic mass is 32.1. The zero-order valence-corrected chi connectivity index (χ0v) is 10.4. The van der Waals surface area contributed by atoms with Crippen LogP contribution in [-0.2, 0) is 0 Å². The lowest BCUT2D eigenvalue weighted by molar-refractivity contribution is 0.362. The Bertz CT molecular complexity index is 261. The van der Waals surface area contributed by atoms with E-state index in [4.69, 9.17) is 12.6 Å². The molecule has 1 nitrogen and oxygen atoms in total. The Morgan fingerprint density at radius 1 is 1.43 bits per heavy atom. The first-order valence-electron chi connectivity index (χ1n) is 5.24. The fourth-order valence-corrected chi connectivity index (χ4v) is 2.39. The van der Waals surface area contributed by atoms with Crippen molar-refractivity contribution in [3.05, 3.63) is 23.4 Å². The van der Waals surface area contributed by atoms with Crippen LogP contribution in [0.3, 0.4) is 0 Å². The molecular weight excluding hydrogens is 190 g/mol. The van der Waals surface area contributed by atoms with Crippen LogP contribution in [0.1, 0.15) is 39.5 Å². The molecule has 2 heteroatoms. The number of likely N-dealkylation sites (N-methyl/N-ethyl adjacent to an activating group) is 1. The zero-order chi connectivity index (χ0) is 10.8. The highest BCUT2D eigenvalue weighted by molar-refractivity contribution is 7.81. The van der Waals surface area contributed by atoms with E-state index in [0.717, 1.165) is 12.1 Å². The second-order valence-electron chi connectivity index (χ2n) is 4.39. The van der Waals surface area contributed by atoms with E-state index in [2.05, 4.69) is 25.7 Å². The van der Waals surface area contributed by atoms with Gasteiger partial charge in [-0.25, -0.2) is 0 Å². The van der Waals surface area contributed by atoms with Gasteiger partial charge in [0.2, 0.25) is 0 Å². The van der Waals surface area contributed by atoms with E-state index in [-0.39, 0.29) is 4.75 Å². The lowest BCUT2D eigenvalue weighted by atomic mass is 9.79. The van der Waals surface area contributed by atoms with E-state index in [0.29, 0.717) is 0 Å². The number of hydrogen-bond acceptors (Lipinski definition) is 2. The van der Waals surface area contributed by atoms with Crippen molar-refractivity contribution >= 4 is 12.6 Å². The van der Waals surface area contributed by atoms with Gasteiger partial charge in [0, 0.05) is 17.5 Å². The quantitative estimate of drug-likeness (QED) is 0.537. The van der Waals surface area contributed by atoms with Crippen molar-refractivity contribution in [3.63, 3.8) is 0 Å². The molecule has 0 atom stereocenters. The van der Waals surface area contributed by atoms with E-state index in [9.17, 15) is 0 Å². The molecule has 0 aliphatic heterocycles. The summed E-state index contributed by atoms with van der Waals surface area (Å²) in [6.07, 6.45) is 4.95. The lowest BCUT2D eigenvalue weighted by Gasteiger charge is -2.38. The third kappa shape index (κ3) is 2.57. The number of allylic oxidation sites excluding steroid dienone is 2. The van der Waals surface area contributed by atoms with Crippen molar-refractivity contribution in [3.8, 4) is 0 Å². The molecule has 80 valence electrons. The Morgan fingerprint density at radius 3 is 2.36 bits per heavy atom. The molecule has 1 aliphatic rings. The molecule has 0 unspecified atom stereocenters. The molecule has 0 saturated heterocycles. The molecular formula is C12H21NS. The Kier molecular flexibility index (Phi) is 3.71. The van der Waals surface area contributed by atoms with Crippen molar-refractivity contribution < 1.29 is 0 Å². The van der Waals surface area contributed by atoms with Gasteiger partial charge in [-0.3, -0.25) is 0 Å². The summed E-state index contributed by atoms with van der Waals surface area (Å²) in [6, 6.07) is 0. The first kappa shape index (κ1) is 11.7. The molecule has 0 aromatic heterocycles. The maximum Gasteiger partial charge on any atom is 0.0293 e. The molecule has 1 N–H and O–H groups in total. The monoisotopic (exact) mass is 211 g/mol. The standard InChI is InChI=1S/C12H21NS/c1-9(10(2)11(3)13-4)8-12(14)6-5-7-12/h13-14H,3,5-8H2,1-2,4H3/b10-9+. The van der Waals surface area contributed by atoms with Crippen LogP contribution in [0.5, 0.6) is 0 Å². The maximum atomic E-state index is 4.72. The second kappa shape index (κ2) is 4.43. The van der Waals surface area contributed by atoms with Crippen molar-refractivity contribution in [1.29, 1.82) is 0 Å². The van der Waals surface area contributed by atoms with Gasteiger partial charge in [0.15, 0.2) is 0 Å². The normalized spacial score (nSPS) is 20.9. The summed E-state index contributed by atoms with van der Waals surface area (Å²) in [4.78, 5) is 0. The van der Waals surface area contributed by atoms with Gasteiger partial charge in [-0.2, -0.15) is 12.6 Å². The lowest BCUT2D eigenvalue weighted by Crippen LogP contribution is -2.31. The van der Waals surface area contributed by atoms with Gasteiger partial charge in [0.25, 0.3) is 0 Å². The largest absolute Gasteiger partial charge is 0.388 e. The van der Waals surface area contributed by atoms with Crippen LogP contribution in [0.2, 0.25) is 0 Å². The van der Waals surface area contributed by atoms with Crippen LogP contribution < -0.4 is 5.32 Å². The molecule has 14 heavy (non-hydrogen) atoms. The highest BCUT2D eigenvalue weighted by Gasteiger charge is 2.33. The average Bonchev–Trinajstić information content (AvgIpc) is 2.12. The van der Waals surface area contributed by atoms with Gasteiger partial charge in [0.05, 0.1) is 0 Å². The number of hydrogen-bond donors (Lipinski definition) is 2. The Morgan fingerprint density at radius 2 is 2.00 bits per heavy atom. The van der Waals surface area contributed by atoms with E-state index < -0.39 is 0 Å². The minimum absolute atomic E-state index is 0.277. The van der Waals surface area contributed by atoms with E-state index in [1.54, 1.807) is 0 Å². The van der Waals surface area contributed by atoms with E-state index in [1.165, 1.54) is 30.4 Å². The molecule has 1 saturated carbocycles. The van der Waals surface area contributed by atoms with Gasteiger partial charge in [0.1, 0.15) is 0 Å². The van der Waals surface area contributed by atoms with Crippen LogP contribution >= 0.6 is 12.6 Å². The molecule has 0 aromatic rings. The number of rotatable bonds is 4. The molecule has 1 rings (SSSR count). The summed E-state index contributed by atoms with van der Waals surface area (Å²) in [7, 11) is 1.92. The van der Waals surface area contributed by atoms with Crippen molar-refractivity contribution in [1.82, 2.24) is 5.32 Å². The van der Waals surface area contributed by atoms with Crippen molar-refractivity contribution in [2.24, 2.45) is 0 Å². The maximum absolute atomic E-state index is 4.72. The number of thiol groups is 1. The second-order valence-corrected chi connectivity index (χ2v) is 5.34. The van der Waals surface area contributed by atoms with Gasteiger partial charge >= 0.3 is 0 Å². The van der Waals surface area contributed by atoms with E-state index in [1.807, 2.05) is 7.05 Å². The summed E-state index contributed by atoms with van der Waals surface area (Å²) >= 11 is 4.72. The predicted molar refractivity (Wildman–Crippen MR) is 66.8 cm³/mol. The molecule has 1 aliphatic carbocycles. The van der Waals surface area contributed by atoms with Crippen LogP contribution in [0.25, 0.3) is 0 Å². The fourth-order valence-electron chi connectivity index (χ4n) is 1.83. The molecule has 0 radical (unpaired) electrons. The number of nitrogens with one attached hydrogen (secondary N) is 1.